The SMILES string of the molecule is Cc1ccc(C(=O)C(C)S(C)(=O)=O)cc1F. The van der Waals surface area contributed by atoms with Crippen LogP contribution in [0.25, 0.3) is 0 Å². The van der Waals surface area contributed by atoms with Crippen molar-refractivity contribution in [3.8, 4) is 0 Å². The largest absolute Gasteiger partial charge is 0.293 e. The van der Waals surface area contributed by atoms with Crippen LogP contribution in [0.5, 0.6) is 0 Å². The topological polar surface area (TPSA) is 51.2 Å². The van der Waals surface area contributed by atoms with E-state index in [1.165, 1.54) is 19.1 Å². The molecular weight excluding hydrogens is 231 g/mol. The molecular formula is C11H13FO3S. The Morgan fingerprint density at radius 1 is 1.38 bits per heavy atom. The lowest BCUT2D eigenvalue weighted by Crippen LogP contribution is -2.26. The molecule has 0 aliphatic rings. The van der Waals surface area contributed by atoms with Crippen molar-refractivity contribution in [2.75, 3.05) is 6.26 Å². The van der Waals surface area contributed by atoms with Gasteiger partial charge in [0.05, 0.1) is 0 Å². The zero-order valence-corrected chi connectivity index (χ0v) is 10.1. The second-order valence-corrected chi connectivity index (χ2v) is 6.17. The summed E-state index contributed by atoms with van der Waals surface area (Å²) in [6.07, 6.45) is 0.986. The first kappa shape index (κ1) is 12.8. The number of carbonyl (C=O) groups excluding carboxylic acids is 1. The summed E-state index contributed by atoms with van der Waals surface area (Å²) in [6.45, 7) is 2.87. The molecule has 0 aromatic heterocycles. The Labute approximate surface area is 94.2 Å². The van der Waals surface area contributed by atoms with Crippen molar-refractivity contribution in [3.63, 3.8) is 0 Å². The van der Waals surface area contributed by atoms with Gasteiger partial charge in [-0.2, -0.15) is 0 Å². The van der Waals surface area contributed by atoms with E-state index in [2.05, 4.69) is 0 Å². The van der Waals surface area contributed by atoms with Gasteiger partial charge >= 0.3 is 0 Å². The normalized spacial score (nSPS) is 13.5. The van der Waals surface area contributed by atoms with Crippen molar-refractivity contribution in [3.05, 3.63) is 35.1 Å². The van der Waals surface area contributed by atoms with Crippen LogP contribution in [0.1, 0.15) is 22.8 Å². The third-order valence-electron chi connectivity index (χ3n) is 2.47. The zero-order chi connectivity index (χ0) is 12.5. The van der Waals surface area contributed by atoms with Gasteiger partial charge in [-0.3, -0.25) is 4.79 Å². The van der Waals surface area contributed by atoms with Gasteiger partial charge in [-0.25, -0.2) is 12.8 Å². The summed E-state index contributed by atoms with van der Waals surface area (Å²) in [5, 5.41) is -1.14. The maximum Gasteiger partial charge on any atom is 0.180 e. The van der Waals surface area contributed by atoms with Gasteiger partial charge in [0.1, 0.15) is 11.1 Å². The Hall–Kier alpha value is -1.23. The minimum atomic E-state index is -3.45. The third-order valence-corrected chi connectivity index (χ3v) is 3.97. The number of hydrogen-bond acceptors (Lipinski definition) is 3. The molecule has 0 spiro atoms. The van der Waals surface area contributed by atoms with E-state index < -0.39 is 26.7 Å². The molecule has 1 unspecified atom stereocenters. The highest BCUT2D eigenvalue weighted by molar-refractivity contribution is 7.92. The molecule has 1 aromatic rings. The molecule has 0 saturated heterocycles. The van der Waals surface area contributed by atoms with E-state index in [9.17, 15) is 17.6 Å². The number of rotatable bonds is 3. The van der Waals surface area contributed by atoms with Gasteiger partial charge in [0.15, 0.2) is 15.6 Å². The fourth-order valence-corrected chi connectivity index (χ4v) is 1.70. The summed E-state index contributed by atoms with van der Waals surface area (Å²) in [7, 11) is -3.45. The molecule has 16 heavy (non-hydrogen) atoms. The molecule has 88 valence electrons. The number of hydrogen-bond donors (Lipinski definition) is 0. The fourth-order valence-electron chi connectivity index (χ4n) is 1.18. The van der Waals surface area contributed by atoms with Gasteiger partial charge < -0.3 is 0 Å². The van der Waals surface area contributed by atoms with Crippen LogP contribution in [-0.4, -0.2) is 25.7 Å². The van der Waals surface area contributed by atoms with E-state index in [4.69, 9.17) is 0 Å². The first-order chi connectivity index (χ1) is 7.23. The zero-order valence-electron chi connectivity index (χ0n) is 9.32. The number of halogens is 1. The summed E-state index contributed by atoms with van der Waals surface area (Å²) >= 11 is 0. The molecule has 1 atom stereocenters. The first-order valence-electron chi connectivity index (χ1n) is 4.72. The highest BCUT2D eigenvalue weighted by Gasteiger charge is 2.24. The molecule has 0 aliphatic carbocycles. The average Bonchev–Trinajstić information content (AvgIpc) is 2.18. The predicted octanol–water partition coefficient (Wildman–Crippen LogP) is 1.75. The van der Waals surface area contributed by atoms with E-state index in [-0.39, 0.29) is 5.56 Å². The van der Waals surface area contributed by atoms with Crippen LogP contribution in [0.15, 0.2) is 18.2 Å². The maximum atomic E-state index is 13.2. The minimum absolute atomic E-state index is 0.0843. The number of carbonyl (C=O) groups is 1. The average molecular weight is 244 g/mol. The van der Waals surface area contributed by atoms with E-state index in [1.54, 1.807) is 6.92 Å². The standard InChI is InChI=1S/C11H13FO3S/c1-7-4-5-9(6-10(7)12)11(13)8(2)16(3,14)15/h4-6,8H,1-3H3. The number of benzene rings is 1. The van der Waals surface area contributed by atoms with Gasteiger partial charge in [-0.1, -0.05) is 12.1 Å². The van der Waals surface area contributed by atoms with Crippen molar-refractivity contribution in [1.29, 1.82) is 0 Å². The Balaban J connectivity index is 3.11. The predicted molar refractivity (Wildman–Crippen MR) is 59.8 cm³/mol. The van der Waals surface area contributed by atoms with Crippen LogP contribution in [0.4, 0.5) is 4.39 Å². The van der Waals surface area contributed by atoms with Crippen molar-refractivity contribution in [1.82, 2.24) is 0 Å². The third kappa shape index (κ3) is 2.66. The fraction of sp³-hybridized carbons (Fsp3) is 0.364. The summed E-state index contributed by atoms with van der Waals surface area (Å²) in [5.74, 6) is -1.09. The molecule has 0 fully saturated rings. The number of sulfone groups is 1. The quantitative estimate of drug-likeness (QED) is 0.761. The summed E-state index contributed by atoms with van der Waals surface area (Å²) in [6, 6.07) is 3.96. The minimum Gasteiger partial charge on any atom is -0.293 e. The Morgan fingerprint density at radius 3 is 2.38 bits per heavy atom. The van der Waals surface area contributed by atoms with Gasteiger partial charge in [-0.05, 0) is 25.5 Å². The van der Waals surface area contributed by atoms with Crippen LogP contribution in [0.3, 0.4) is 0 Å². The molecule has 0 saturated carbocycles. The molecule has 0 radical (unpaired) electrons. The van der Waals surface area contributed by atoms with Crippen molar-refractivity contribution < 1.29 is 17.6 Å². The number of Topliss-reactive ketones (excluding diaryl/α,β-unsaturated/α-hetero) is 1. The number of aryl methyl sites for hydroxylation is 1. The molecule has 1 aromatic carbocycles. The smallest absolute Gasteiger partial charge is 0.180 e. The molecule has 0 amide bonds. The van der Waals surface area contributed by atoms with Crippen LogP contribution in [0.2, 0.25) is 0 Å². The molecule has 1 rings (SSSR count). The summed E-state index contributed by atoms with van der Waals surface area (Å²) < 4.78 is 35.6. The Kier molecular flexibility index (Phi) is 3.48. The summed E-state index contributed by atoms with van der Waals surface area (Å²) in [5.41, 5.74) is 0.504. The van der Waals surface area contributed by atoms with Crippen LogP contribution in [0, 0.1) is 12.7 Å². The van der Waals surface area contributed by atoms with Crippen molar-refractivity contribution in [2.45, 2.75) is 19.1 Å². The van der Waals surface area contributed by atoms with E-state index in [1.807, 2.05) is 0 Å². The van der Waals surface area contributed by atoms with Crippen LogP contribution < -0.4 is 0 Å². The summed E-state index contributed by atoms with van der Waals surface area (Å²) in [4.78, 5) is 11.7. The Morgan fingerprint density at radius 2 is 1.94 bits per heavy atom. The number of ketones is 1. The molecule has 0 aliphatic heterocycles. The lowest BCUT2D eigenvalue weighted by molar-refractivity contribution is 0.0991. The lowest BCUT2D eigenvalue weighted by Gasteiger charge is -2.08. The molecule has 0 heterocycles. The van der Waals surface area contributed by atoms with E-state index in [0.29, 0.717) is 5.56 Å². The van der Waals surface area contributed by atoms with Gasteiger partial charge in [-0.15, -0.1) is 0 Å². The van der Waals surface area contributed by atoms with Crippen LogP contribution in [-0.2, 0) is 9.84 Å². The monoisotopic (exact) mass is 244 g/mol. The molecule has 0 N–H and O–H groups in total. The van der Waals surface area contributed by atoms with Crippen molar-refractivity contribution in [2.24, 2.45) is 0 Å². The highest BCUT2D eigenvalue weighted by Crippen LogP contribution is 2.13. The second kappa shape index (κ2) is 4.33. The highest BCUT2D eigenvalue weighted by atomic mass is 32.2. The maximum absolute atomic E-state index is 13.2. The molecule has 3 nitrogen and oxygen atoms in total. The Bertz CT molecular complexity index is 520. The van der Waals surface area contributed by atoms with Gasteiger partial charge in [0.25, 0.3) is 0 Å². The van der Waals surface area contributed by atoms with E-state index in [0.717, 1.165) is 12.3 Å². The second-order valence-electron chi connectivity index (χ2n) is 3.80. The first-order valence-corrected chi connectivity index (χ1v) is 6.68. The van der Waals surface area contributed by atoms with Gasteiger partial charge in [0.2, 0.25) is 0 Å². The lowest BCUT2D eigenvalue weighted by atomic mass is 10.1. The van der Waals surface area contributed by atoms with Crippen LogP contribution >= 0.6 is 0 Å². The van der Waals surface area contributed by atoms with Crippen molar-refractivity contribution >= 4 is 15.6 Å². The van der Waals surface area contributed by atoms with E-state index >= 15 is 0 Å². The van der Waals surface area contributed by atoms with Gasteiger partial charge in [0, 0.05) is 11.8 Å². The molecule has 0 bridgehead atoms. The molecule has 5 heteroatoms.